The van der Waals surface area contributed by atoms with Gasteiger partial charge in [-0.2, -0.15) is 0 Å². The zero-order valence-electron chi connectivity index (χ0n) is 19.2. The molecule has 2 aliphatic carbocycles. The van der Waals surface area contributed by atoms with Crippen LogP contribution < -0.4 is 5.32 Å². The Labute approximate surface area is 199 Å². The van der Waals surface area contributed by atoms with Gasteiger partial charge < -0.3 is 20.1 Å². The number of carboxylic acid groups (broad SMARTS) is 1. The van der Waals surface area contributed by atoms with E-state index in [1.165, 1.54) is 16.0 Å². The third kappa shape index (κ3) is 4.15. The summed E-state index contributed by atoms with van der Waals surface area (Å²) < 4.78 is 5.60. The second-order valence-corrected chi connectivity index (χ2v) is 9.66. The predicted octanol–water partition coefficient (Wildman–Crippen LogP) is 4.16. The van der Waals surface area contributed by atoms with E-state index >= 15 is 0 Å². The smallest absolute Gasteiger partial charge is 0.407 e. The molecule has 2 amide bonds. The highest BCUT2D eigenvalue weighted by atomic mass is 16.5. The van der Waals surface area contributed by atoms with E-state index in [4.69, 9.17) is 4.74 Å². The largest absolute Gasteiger partial charge is 0.480 e. The lowest BCUT2D eigenvalue weighted by Crippen LogP contribution is -2.50. The van der Waals surface area contributed by atoms with Gasteiger partial charge in [0.2, 0.25) is 5.91 Å². The number of aliphatic carboxylic acids is 1. The fourth-order valence-corrected chi connectivity index (χ4v) is 5.42. The van der Waals surface area contributed by atoms with Gasteiger partial charge in [0.05, 0.1) is 5.41 Å². The molecule has 3 aliphatic rings. The third-order valence-electron chi connectivity index (χ3n) is 7.52. The molecule has 0 spiro atoms. The number of nitrogens with one attached hydrogen (secondary N) is 1. The summed E-state index contributed by atoms with van der Waals surface area (Å²) in [6.45, 7) is 0.849. The number of rotatable bonds is 6. The van der Waals surface area contributed by atoms with Crippen LogP contribution in [-0.4, -0.2) is 53.7 Å². The van der Waals surface area contributed by atoms with Gasteiger partial charge in [-0.15, -0.1) is 0 Å². The molecule has 34 heavy (non-hydrogen) atoms. The number of benzene rings is 2. The molecule has 2 aromatic carbocycles. The number of ether oxygens (including phenoxy) is 1. The van der Waals surface area contributed by atoms with Gasteiger partial charge in [0, 0.05) is 19.0 Å². The monoisotopic (exact) mass is 462 g/mol. The molecule has 7 heteroatoms. The third-order valence-corrected chi connectivity index (χ3v) is 7.52. The van der Waals surface area contributed by atoms with Crippen LogP contribution in [0.15, 0.2) is 48.5 Å². The molecule has 1 saturated carbocycles. The van der Waals surface area contributed by atoms with E-state index < -0.39 is 23.5 Å². The Balaban J connectivity index is 1.20. The molecule has 2 aromatic rings. The molecule has 7 nitrogen and oxygen atoms in total. The number of amides is 2. The Morgan fingerprint density at radius 2 is 1.62 bits per heavy atom. The second kappa shape index (κ2) is 9.12. The minimum absolute atomic E-state index is 0.0249. The van der Waals surface area contributed by atoms with Crippen LogP contribution in [0, 0.1) is 5.41 Å². The predicted molar refractivity (Wildman–Crippen MR) is 126 cm³/mol. The van der Waals surface area contributed by atoms with E-state index in [2.05, 4.69) is 29.6 Å². The van der Waals surface area contributed by atoms with Crippen molar-refractivity contribution in [2.24, 2.45) is 5.41 Å². The van der Waals surface area contributed by atoms with Gasteiger partial charge in [0.25, 0.3) is 0 Å². The Kier molecular flexibility index (Phi) is 6.02. The molecule has 1 heterocycles. The first-order valence-corrected chi connectivity index (χ1v) is 12.1. The molecule has 0 aromatic heterocycles. The number of likely N-dealkylation sites (tertiary alicyclic amines) is 1. The van der Waals surface area contributed by atoms with Crippen LogP contribution in [0.1, 0.15) is 55.6 Å². The van der Waals surface area contributed by atoms with E-state index in [0.717, 1.165) is 30.4 Å². The zero-order chi connectivity index (χ0) is 23.7. The highest BCUT2D eigenvalue weighted by Crippen LogP contribution is 2.48. The summed E-state index contributed by atoms with van der Waals surface area (Å²) in [6, 6.07) is 15.5. The maximum atomic E-state index is 13.3. The number of carbonyl (C=O) groups is 3. The molecule has 178 valence electrons. The van der Waals surface area contributed by atoms with Gasteiger partial charge in [-0.3, -0.25) is 4.79 Å². The molecule has 0 radical (unpaired) electrons. The molecular weight excluding hydrogens is 432 g/mol. The van der Waals surface area contributed by atoms with Crippen LogP contribution in [0.25, 0.3) is 11.1 Å². The zero-order valence-corrected chi connectivity index (χ0v) is 19.2. The molecule has 1 unspecified atom stereocenters. The van der Waals surface area contributed by atoms with Gasteiger partial charge in [-0.05, 0) is 47.9 Å². The molecule has 5 rings (SSSR count). The van der Waals surface area contributed by atoms with Crippen molar-refractivity contribution in [2.45, 2.75) is 50.5 Å². The Morgan fingerprint density at radius 3 is 2.24 bits per heavy atom. The highest BCUT2D eigenvalue weighted by Gasteiger charge is 2.53. The van der Waals surface area contributed by atoms with Crippen LogP contribution in [0.3, 0.4) is 0 Å². The number of hydrogen-bond donors (Lipinski definition) is 2. The van der Waals surface area contributed by atoms with E-state index in [1.807, 2.05) is 24.3 Å². The Morgan fingerprint density at radius 1 is 0.971 bits per heavy atom. The van der Waals surface area contributed by atoms with Crippen LogP contribution >= 0.6 is 0 Å². The van der Waals surface area contributed by atoms with Gasteiger partial charge in [0.15, 0.2) is 0 Å². The fraction of sp³-hybridized carbons (Fsp3) is 0.444. The summed E-state index contributed by atoms with van der Waals surface area (Å²) in [5, 5.41) is 12.4. The normalized spacial score (nSPS) is 20.6. The van der Waals surface area contributed by atoms with Crippen LogP contribution in [0.2, 0.25) is 0 Å². The first-order chi connectivity index (χ1) is 16.5. The Hall–Kier alpha value is -3.35. The average Bonchev–Trinajstić information content (AvgIpc) is 3.62. The molecule has 2 fully saturated rings. The molecule has 1 atom stereocenters. The summed E-state index contributed by atoms with van der Waals surface area (Å²) in [5.74, 6) is -1.13. The van der Waals surface area contributed by atoms with Gasteiger partial charge >= 0.3 is 12.1 Å². The highest BCUT2D eigenvalue weighted by molar-refractivity contribution is 5.90. The topological polar surface area (TPSA) is 95.9 Å². The van der Waals surface area contributed by atoms with Gasteiger partial charge in [-0.1, -0.05) is 61.4 Å². The van der Waals surface area contributed by atoms with Crippen molar-refractivity contribution in [1.29, 1.82) is 0 Å². The van der Waals surface area contributed by atoms with Crippen LogP contribution in [0.4, 0.5) is 4.79 Å². The van der Waals surface area contributed by atoms with Crippen molar-refractivity contribution in [3.8, 4) is 11.1 Å². The summed E-state index contributed by atoms with van der Waals surface area (Å²) in [4.78, 5) is 39.1. The number of nitrogens with zero attached hydrogens (tertiary/aromatic N) is 1. The van der Waals surface area contributed by atoms with Gasteiger partial charge in [-0.25, -0.2) is 9.59 Å². The number of hydrogen-bond acceptors (Lipinski definition) is 4. The number of carboxylic acids is 1. The number of fused-ring (bicyclic) bond motifs is 3. The van der Waals surface area contributed by atoms with Crippen molar-refractivity contribution < 1.29 is 24.2 Å². The molecule has 0 bridgehead atoms. The average molecular weight is 463 g/mol. The van der Waals surface area contributed by atoms with Crippen molar-refractivity contribution in [1.82, 2.24) is 10.2 Å². The van der Waals surface area contributed by atoms with Crippen LogP contribution in [-0.2, 0) is 14.3 Å². The van der Waals surface area contributed by atoms with Crippen molar-refractivity contribution in [3.63, 3.8) is 0 Å². The van der Waals surface area contributed by atoms with E-state index in [0.29, 0.717) is 25.8 Å². The molecule has 1 aliphatic heterocycles. The van der Waals surface area contributed by atoms with E-state index in [9.17, 15) is 19.5 Å². The molecular formula is C27H30N2O5. The Bertz CT molecular complexity index is 1060. The van der Waals surface area contributed by atoms with E-state index in [1.54, 1.807) is 0 Å². The van der Waals surface area contributed by atoms with Crippen molar-refractivity contribution in [2.75, 3.05) is 19.7 Å². The molecule has 2 N–H and O–H groups in total. The fourth-order valence-electron chi connectivity index (χ4n) is 5.42. The lowest BCUT2D eigenvalue weighted by atomic mass is 9.98. The lowest BCUT2D eigenvalue weighted by Gasteiger charge is -2.31. The minimum atomic E-state index is -0.949. The minimum Gasteiger partial charge on any atom is -0.480 e. The summed E-state index contributed by atoms with van der Waals surface area (Å²) in [6.07, 6.45) is 3.79. The number of carbonyl (C=O) groups excluding carboxylic acids is 2. The van der Waals surface area contributed by atoms with Gasteiger partial charge in [0.1, 0.15) is 12.6 Å². The van der Waals surface area contributed by atoms with Crippen molar-refractivity contribution >= 4 is 18.0 Å². The van der Waals surface area contributed by atoms with E-state index in [-0.39, 0.29) is 25.0 Å². The summed E-state index contributed by atoms with van der Waals surface area (Å²) >= 11 is 0. The summed E-state index contributed by atoms with van der Waals surface area (Å²) in [7, 11) is 0. The summed E-state index contributed by atoms with van der Waals surface area (Å²) in [5.41, 5.74) is 3.92. The molecule has 1 saturated heterocycles. The first kappa shape index (κ1) is 22.4. The SMILES string of the molecule is O=C(NCC1(C(=O)N2CCCCCC2C(=O)O)CC1)OCC1c2ccccc2-c2ccccc21. The lowest BCUT2D eigenvalue weighted by molar-refractivity contribution is -0.152. The quantitative estimate of drug-likeness (QED) is 0.672. The van der Waals surface area contributed by atoms with Crippen molar-refractivity contribution in [3.05, 3.63) is 59.7 Å². The van der Waals surface area contributed by atoms with Crippen LogP contribution in [0.5, 0.6) is 0 Å². The number of alkyl carbamates (subject to hydrolysis) is 1. The maximum absolute atomic E-state index is 13.3. The maximum Gasteiger partial charge on any atom is 0.407 e. The second-order valence-electron chi connectivity index (χ2n) is 9.66. The standard InChI is InChI=1S/C27H30N2O5/c30-24(31)23-12-2-1-7-15-29(23)25(32)27(13-14-27)17-28-26(33)34-16-22-20-10-5-3-8-18(20)19-9-4-6-11-21(19)22/h3-6,8-11,22-23H,1-2,7,12-17H2,(H,28,33)(H,30,31). The first-order valence-electron chi connectivity index (χ1n) is 12.1.